The largest absolute Gasteiger partial charge is 0.324 e. The molecule has 2 rings (SSSR count). The van der Waals surface area contributed by atoms with Crippen molar-refractivity contribution in [2.24, 2.45) is 5.73 Å². The zero-order chi connectivity index (χ0) is 12.3. The molecule has 0 bridgehead atoms. The minimum absolute atomic E-state index is 0.0244. The third-order valence-electron chi connectivity index (χ3n) is 2.21. The molecular weight excluding hydrogens is 298 g/mol. The van der Waals surface area contributed by atoms with Gasteiger partial charge in [-0.2, -0.15) is 0 Å². The lowest BCUT2D eigenvalue weighted by molar-refractivity contribution is 0.811. The molecule has 3 nitrogen and oxygen atoms in total. The fourth-order valence-electron chi connectivity index (χ4n) is 1.38. The molecule has 0 fully saturated rings. The Hall–Kier alpha value is -0.910. The van der Waals surface area contributed by atoms with Gasteiger partial charge in [-0.15, -0.1) is 0 Å². The first-order valence-corrected chi connectivity index (χ1v) is 6.77. The molecule has 88 valence electrons. The standard InChI is InChI=1S/C12H12BrN3S/c1-8(14)10-4-3-9(7-11(10)13)17-12-15-5-2-6-16-12/h2-8H,14H2,1H3/t8-/m0/s1. The Morgan fingerprint density at radius 3 is 2.59 bits per heavy atom. The molecule has 1 aromatic carbocycles. The van der Waals surface area contributed by atoms with Crippen LogP contribution in [0.15, 0.2) is 51.2 Å². The van der Waals surface area contributed by atoms with Crippen LogP contribution >= 0.6 is 27.7 Å². The highest BCUT2D eigenvalue weighted by atomic mass is 79.9. The average molecular weight is 310 g/mol. The van der Waals surface area contributed by atoms with E-state index in [2.05, 4.69) is 25.9 Å². The Morgan fingerprint density at radius 1 is 1.29 bits per heavy atom. The third-order valence-corrected chi connectivity index (χ3v) is 3.78. The fourth-order valence-corrected chi connectivity index (χ4v) is 3.03. The molecule has 2 N–H and O–H groups in total. The molecule has 1 aromatic heterocycles. The van der Waals surface area contributed by atoms with Gasteiger partial charge in [0.2, 0.25) is 0 Å². The van der Waals surface area contributed by atoms with E-state index in [9.17, 15) is 0 Å². The summed E-state index contributed by atoms with van der Waals surface area (Å²) in [5.74, 6) is 0. The second kappa shape index (κ2) is 5.62. The average Bonchev–Trinajstić information content (AvgIpc) is 2.30. The molecule has 0 aliphatic rings. The van der Waals surface area contributed by atoms with Crippen LogP contribution < -0.4 is 5.73 Å². The number of rotatable bonds is 3. The molecule has 0 spiro atoms. The summed E-state index contributed by atoms with van der Waals surface area (Å²) in [6.07, 6.45) is 3.47. The van der Waals surface area contributed by atoms with Gasteiger partial charge < -0.3 is 5.73 Å². The van der Waals surface area contributed by atoms with Crippen molar-refractivity contribution in [3.05, 3.63) is 46.7 Å². The van der Waals surface area contributed by atoms with Crippen LogP contribution in [0, 0.1) is 0 Å². The number of benzene rings is 1. The molecule has 0 saturated carbocycles. The van der Waals surface area contributed by atoms with E-state index in [-0.39, 0.29) is 6.04 Å². The normalized spacial score (nSPS) is 12.4. The number of halogens is 1. The van der Waals surface area contributed by atoms with Crippen LogP contribution in [0.2, 0.25) is 0 Å². The van der Waals surface area contributed by atoms with E-state index >= 15 is 0 Å². The van der Waals surface area contributed by atoms with Crippen LogP contribution in [0.3, 0.4) is 0 Å². The van der Waals surface area contributed by atoms with Crippen molar-refractivity contribution < 1.29 is 0 Å². The number of nitrogens with two attached hydrogens (primary N) is 1. The van der Waals surface area contributed by atoms with E-state index < -0.39 is 0 Å². The summed E-state index contributed by atoms with van der Waals surface area (Å²) in [6.45, 7) is 1.97. The van der Waals surface area contributed by atoms with Crippen molar-refractivity contribution in [1.29, 1.82) is 0 Å². The molecule has 1 heterocycles. The van der Waals surface area contributed by atoms with Gasteiger partial charge in [0.15, 0.2) is 5.16 Å². The highest BCUT2D eigenvalue weighted by molar-refractivity contribution is 9.10. The third kappa shape index (κ3) is 3.28. The van der Waals surface area contributed by atoms with Crippen molar-refractivity contribution in [2.75, 3.05) is 0 Å². The van der Waals surface area contributed by atoms with Gasteiger partial charge in [0.1, 0.15) is 0 Å². The maximum absolute atomic E-state index is 5.86. The van der Waals surface area contributed by atoms with Gasteiger partial charge in [-0.25, -0.2) is 9.97 Å². The van der Waals surface area contributed by atoms with Gasteiger partial charge in [-0.05, 0) is 42.4 Å². The zero-order valence-electron chi connectivity index (χ0n) is 9.30. The molecule has 5 heteroatoms. The first-order chi connectivity index (χ1) is 8.16. The minimum atomic E-state index is 0.0244. The molecule has 0 radical (unpaired) electrons. The Morgan fingerprint density at radius 2 is 2.00 bits per heavy atom. The summed E-state index contributed by atoms with van der Waals surface area (Å²) in [5, 5.41) is 0.743. The van der Waals surface area contributed by atoms with Gasteiger partial charge in [0.25, 0.3) is 0 Å². The first kappa shape index (κ1) is 12.5. The zero-order valence-corrected chi connectivity index (χ0v) is 11.7. The van der Waals surface area contributed by atoms with E-state index in [1.807, 2.05) is 25.1 Å². The van der Waals surface area contributed by atoms with Crippen LogP contribution in [0.4, 0.5) is 0 Å². The topological polar surface area (TPSA) is 51.8 Å². The maximum atomic E-state index is 5.86. The van der Waals surface area contributed by atoms with E-state index in [0.717, 1.165) is 20.1 Å². The highest BCUT2D eigenvalue weighted by Gasteiger charge is 2.07. The predicted octanol–water partition coefficient (Wildman–Crippen LogP) is 3.41. The first-order valence-electron chi connectivity index (χ1n) is 5.16. The molecule has 0 unspecified atom stereocenters. The van der Waals surface area contributed by atoms with Crippen molar-refractivity contribution in [1.82, 2.24) is 9.97 Å². The van der Waals surface area contributed by atoms with E-state index in [4.69, 9.17) is 5.73 Å². The molecule has 0 amide bonds. The lowest BCUT2D eigenvalue weighted by Gasteiger charge is -2.09. The minimum Gasteiger partial charge on any atom is -0.324 e. The summed E-state index contributed by atoms with van der Waals surface area (Å²) in [5.41, 5.74) is 6.96. The number of hydrogen-bond donors (Lipinski definition) is 1. The molecule has 0 aliphatic carbocycles. The van der Waals surface area contributed by atoms with Crippen molar-refractivity contribution in [3.8, 4) is 0 Å². The van der Waals surface area contributed by atoms with E-state index in [1.54, 1.807) is 18.5 Å². The van der Waals surface area contributed by atoms with Crippen LogP contribution in [0.1, 0.15) is 18.5 Å². The monoisotopic (exact) mass is 309 g/mol. The summed E-state index contributed by atoms with van der Waals surface area (Å²) < 4.78 is 1.02. The van der Waals surface area contributed by atoms with Crippen molar-refractivity contribution in [3.63, 3.8) is 0 Å². The van der Waals surface area contributed by atoms with Crippen LogP contribution in [0.25, 0.3) is 0 Å². The second-order valence-electron chi connectivity index (χ2n) is 3.61. The molecule has 17 heavy (non-hydrogen) atoms. The molecule has 0 saturated heterocycles. The van der Waals surface area contributed by atoms with E-state index in [0.29, 0.717) is 0 Å². The Bertz CT molecular complexity index is 502. The molecule has 1 atom stereocenters. The molecule has 2 aromatic rings. The Labute approximate surface area is 113 Å². The molecule has 0 aliphatic heterocycles. The predicted molar refractivity (Wildman–Crippen MR) is 72.9 cm³/mol. The number of hydrogen-bond acceptors (Lipinski definition) is 4. The van der Waals surface area contributed by atoms with Gasteiger partial charge in [0, 0.05) is 27.8 Å². The SMILES string of the molecule is C[C@H](N)c1ccc(Sc2ncccn2)cc1Br. The summed E-state index contributed by atoms with van der Waals surface area (Å²) in [6, 6.07) is 7.93. The fraction of sp³-hybridized carbons (Fsp3) is 0.167. The Kier molecular flexibility index (Phi) is 4.15. The van der Waals surface area contributed by atoms with Crippen LogP contribution in [-0.2, 0) is 0 Å². The smallest absolute Gasteiger partial charge is 0.192 e. The van der Waals surface area contributed by atoms with Gasteiger partial charge in [-0.1, -0.05) is 22.0 Å². The highest BCUT2D eigenvalue weighted by Crippen LogP contribution is 2.30. The number of nitrogens with zero attached hydrogens (tertiary/aromatic N) is 2. The quantitative estimate of drug-likeness (QED) is 0.883. The Balaban J connectivity index is 2.21. The summed E-state index contributed by atoms with van der Waals surface area (Å²) in [7, 11) is 0. The maximum Gasteiger partial charge on any atom is 0.192 e. The summed E-state index contributed by atoms with van der Waals surface area (Å²) >= 11 is 5.06. The van der Waals surface area contributed by atoms with Crippen LogP contribution in [-0.4, -0.2) is 9.97 Å². The lowest BCUT2D eigenvalue weighted by atomic mass is 10.1. The molecular formula is C12H12BrN3S. The van der Waals surface area contributed by atoms with E-state index in [1.165, 1.54) is 11.8 Å². The number of aromatic nitrogens is 2. The van der Waals surface area contributed by atoms with Gasteiger partial charge >= 0.3 is 0 Å². The van der Waals surface area contributed by atoms with Crippen molar-refractivity contribution in [2.45, 2.75) is 23.0 Å². The van der Waals surface area contributed by atoms with Crippen LogP contribution in [0.5, 0.6) is 0 Å². The van der Waals surface area contributed by atoms with Crippen molar-refractivity contribution >= 4 is 27.7 Å². The summed E-state index contributed by atoms with van der Waals surface area (Å²) in [4.78, 5) is 9.44. The lowest BCUT2D eigenvalue weighted by Crippen LogP contribution is -2.05. The van der Waals surface area contributed by atoms with Gasteiger partial charge in [0.05, 0.1) is 0 Å². The second-order valence-corrected chi connectivity index (χ2v) is 5.50. The van der Waals surface area contributed by atoms with Gasteiger partial charge in [-0.3, -0.25) is 0 Å².